The van der Waals surface area contributed by atoms with E-state index in [9.17, 15) is 13.5 Å². The second kappa shape index (κ2) is 6.01. The molecule has 0 bridgehead atoms. The van der Waals surface area contributed by atoms with E-state index in [-0.39, 0.29) is 10.6 Å². The number of anilines is 2. The van der Waals surface area contributed by atoms with Crippen LogP contribution in [0.3, 0.4) is 0 Å². The van der Waals surface area contributed by atoms with Crippen LogP contribution in [-0.4, -0.2) is 31.9 Å². The standard InChI is InChI=1S/C14H24N2O3S/c1-10(2)8-14(3,17)9-16-11-6-5-7-12(13(11)15)20(4,18)19/h5-7,10,16-17H,8-9,15H2,1-4H3. The van der Waals surface area contributed by atoms with E-state index in [2.05, 4.69) is 5.32 Å². The summed E-state index contributed by atoms with van der Waals surface area (Å²) in [7, 11) is -3.36. The molecule has 4 N–H and O–H groups in total. The minimum atomic E-state index is -3.36. The van der Waals surface area contributed by atoms with Crippen LogP contribution in [0, 0.1) is 5.92 Å². The van der Waals surface area contributed by atoms with Gasteiger partial charge < -0.3 is 16.2 Å². The molecule has 6 heteroatoms. The van der Waals surface area contributed by atoms with Crippen LogP contribution in [-0.2, 0) is 9.84 Å². The highest BCUT2D eigenvalue weighted by molar-refractivity contribution is 7.90. The van der Waals surface area contributed by atoms with Gasteiger partial charge in [0.2, 0.25) is 0 Å². The van der Waals surface area contributed by atoms with Gasteiger partial charge in [-0.2, -0.15) is 0 Å². The number of aliphatic hydroxyl groups is 1. The van der Waals surface area contributed by atoms with Crippen LogP contribution in [0.1, 0.15) is 27.2 Å². The zero-order valence-electron chi connectivity index (χ0n) is 12.5. The van der Waals surface area contributed by atoms with Crippen LogP contribution in [0.15, 0.2) is 23.1 Å². The summed E-state index contributed by atoms with van der Waals surface area (Å²) >= 11 is 0. The first-order valence-electron chi connectivity index (χ1n) is 6.58. The Kier molecular flexibility index (Phi) is 5.05. The summed E-state index contributed by atoms with van der Waals surface area (Å²) in [5, 5.41) is 13.3. The van der Waals surface area contributed by atoms with E-state index < -0.39 is 15.4 Å². The molecule has 0 aromatic heterocycles. The van der Waals surface area contributed by atoms with Crippen molar-refractivity contribution in [3.05, 3.63) is 18.2 Å². The first-order valence-corrected chi connectivity index (χ1v) is 8.47. The maximum absolute atomic E-state index is 11.6. The fourth-order valence-electron chi connectivity index (χ4n) is 2.26. The summed E-state index contributed by atoms with van der Waals surface area (Å²) in [6.45, 7) is 6.12. The molecule has 0 saturated heterocycles. The van der Waals surface area contributed by atoms with Gasteiger partial charge in [-0.05, 0) is 31.4 Å². The van der Waals surface area contributed by atoms with Crippen LogP contribution in [0.2, 0.25) is 0 Å². The van der Waals surface area contributed by atoms with Crippen LogP contribution < -0.4 is 11.1 Å². The van der Waals surface area contributed by atoms with Gasteiger partial charge in [-0.25, -0.2) is 8.42 Å². The first-order chi connectivity index (χ1) is 9.03. The fourth-order valence-corrected chi connectivity index (χ4v) is 3.09. The molecule has 0 amide bonds. The predicted octanol–water partition coefficient (Wildman–Crippen LogP) is 1.88. The lowest BCUT2D eigenvalue weighted by Gasteiger charge is -2.26. The first kappa shape index (κ1) is 16.8. The van der Waals surface area contributed by atoms with Gasteiger partial charge in [-0.15, -0.1) is 0 Å². The Morgan fingerprint density at radius 1 is 1.40 bits per heavy atom. The zero-order valence-corrected chi connectivity index (χ0v) is 13.3. The number of hydrogen-bond acceptors (Lipinski definition) is 5. The SMILES string of the molecule is CC(C)CC(C)(O)CNc1cccc(S(C)(=O)=O)c1N. The molecule has 0 aliphatic heterocycles. The molecule has 0 aliphatic carbocycles. The quantitative estimate of drug-likeness (QED) is 0.698. The van der Waals surface area contributed by atoms with Crippen molar-refractivity contribution in [2.24, 2.45) is 5.92 Å². The van der Waals surface area contributed by atoms with Crippen molar-refractivity contribution in [3.8, 4) is 0 Å². The van der Waals surface area contributed by atoms with Crippen LogP contribution in [0.5, 0.6) is 0 Å². The van der Waals surface area contributed by atoms with Crippen LogP contribution >= 0.6 is 0 Å². The van der Waals surface area contributed by atoms with Crippen LogP contribution in [0.4, 0.5) is 11.4 Å². The summed E-state index contributed by atoms with van der Waals surface area (Å²) in [5.41, 5.74) is 5.72. The van der Waals surface area contributed by atoms with Crippen molar-refractivity contribution in [3.63, 3.8) is 0 Å². The molecule has 20 heavy (non-hydrogen) atoms. The number of nitrogens with two attached hydrogens (primary N) is 1. The second-order valence-electron chi connectivity index (χ2n) is 5.94. The third-order valence-electron chi connectivity index (χ3n) is 2.97. The van der Waals surface area contributed by atoms with Crippen molar-refractivity contribution in [2.75, 3.05) is 23.9 Å². The minimum absolute atomic E-state index is 0.103. The number of sulfone groups is 1. The summed E-state index contributed by atoms with van der Waals surface area (Å²) in [6.07, 6.45) is 1.77. The van der Waals surface area contributed by atoms with Crippen molar-refractivity contribution in [2.45, 2.75) is 37.7 Å². The van der Waals surface area contributed by atoms with Gasteiger partial charge in [-0.3, -0.25) is 0 Å². The molecule has 1 aromatic carbocycles. The molecule has 0 spiro atoms. The van der Waals surface area contributed by atoms with Crippen molar-refractivity contribution in [1.82, 2.24) is 0 Å². The summed E-state index contributed by atoms with van der Waals surface area (Å²) in [5.74, 6) is 0.367. The molecule has 0 fully saturated rings. The Bertz CT molecular complexity index is 566. The van der Waals surface area contributed by atoms with Gasteiger partial charge in [0.05, 0.1) is 21.9 Å². The molecule has 5 nitrogen and oxygen atoms in total. The molecular weight excluding hydrogens is 276 g/mol. The van der Waals surface area contributed by atoms with E-state index >= 15 is 0 Å². The minimum Gasteiger partial charge on any atom is -0.396 e. The number of para-hydroxylation sites is 1. The molecule has 0 saturated carbocycles. The van der Waals surface area contributed by atoms with Gasteiger partial charge in [-0.1, -0.05) is 19.9 Å². The average Bonchev–Trinajstić information content (AvgIpc) is 2.24. The second-order valence-corrected chi connectivity index (χ2v) is 7.92. The highest BCUT2D eigenvalue weighted by atomic mass is 32.2. The van der Waals surface area contributed by atoms with Crippen molar-refractivity contribution >= 4 is 21.2 Å². The normalized spacial score (nSPS) is 15.1. The monoisotopic (exact) mass is 300 g/mol. The highest BCUT2D eigenvalue weighted by Gasteiger charge is 2.22. The number of benzene rings is 1. The summed E-state index contributed by atoms with van der Waals surface area (Å²) in [6, 6.07) is 4.81. The van der Waals surface area contributed by atoms with Gasteiger partial charge in [0.1, 0.15) is 0 Å². The van der Waals surface area contributed by atoms with Gasteiger partial charge >= 0.3 is 0 Å². The van der Waals surface area contributed by atoms with Gasteiger partial charge in [0.25, 0.3) is 0 Å². The largest absolute Gasteiger partial charge is 0.396 e. The Labute approximate surface area is 121 Å². The van der Waals surface area contributed by atoms with E-state index in [0.717, 1.165) is 6.26 Å². The fraction of sp³-hybridized carbons (Fsp3) is 0.571. The number of nitrogens with one attached hydrogen (secondary N) is 1. The molecular formula is C14H24N2O3S. The maximum atomic E-state index is 11.6. The van der Waals surface area contributed by atoms with E-state index in [1.54, 1.807) is 19.1 Å². The van der Waals surface area contributed by atoms with E-state index in [4.69, 9.17) is 5.73 Å². The number of rotatable bonds is 6. The topological polar surface area (TPSA) is 92.4 Å². The molecule has 0 heterocycles. The lowest BCUT2D eigenvalue weighted by Crippen LogP contribution is -2.35. The molecule has 1 atom stereocenters. The lowest BCUT2D eigenvalue weighted by atomic mass is 9.94. The maximum Gasteiger partial charge on any atom is 0.177 e. The van der Waals surface area contributed by atoms with Crippen molar-refractivity contribution in [1.29, 1.82) is 0 Å². The number of hydrogen-bond donors (Lipinski definition) is 3. The average molecular weight is 300 g/mol. The Hall–Kier alpha value is -1.27. The molecule has 1 rings (SSSR count). The Balaban J connectivity index is 2.90. The number of nitrogen functional groups attached to an aromatic ring is 1. The predicted molar refractivity (Wildman–Crippen MR) is 82.5 cm³/mol. The Morgan fingerprint density at radius 2 is 2.00 bits per heavy atom. The summed E-state index contributed by atoms with van der Waals surface area (Å²) < 4.78 is 23.2. The van der Waals surface area contributed by atoms with E-state index in [0.29, 0.717) is 24.6 Å². The Morgan fingerprint density at radius 3 is 2.50 bits per heavy atom. The molecule has 114 valence electrons. The van der Waals surface area contributed by atoms with E-state index in [1.165, 1.54) is 6.07 Å². The van der Waals surface area contributed by atoms with Gasteiger partial charge in [0, 0.05) is 12.8 Å². The molecule has 0 radical (unpaired) electrons. The smallest absolute Gasteiger partial charge is 0.177 e. The highest BCUT2D eigenvalue weighted by Crippen LogP contribution is 2.27. The molecule has 0 aliphatic rings. The summed E-state index contributed by atoms with van der Waals surface area (Å²) in [4.78, 5) is 0.103. The molecule has 1 aromatic rings. The third kappa shape index (κ3) is 4.68. The van der Waals surface area contributed by atoms with Gasteiger partial charge in [0.15, 0.2) is 9.84 Å². The third-order valence-corrected chi connectivity index (χ3v) is 4.13. The zero-order chi connectivity index (χ0) is 15.6. The lowest BCUT2D eigenvalue weighted by molar-refractivity contribution is 0.0516. The molecule has 1 unspecified atom stereocenters. The van der Waals surface area contributed by atoms with Crippen LogP contribution in [0.25, 0.3) is 0 Å². The van der Waals surface area contributed by atoms with Crippen molar-refractivity contribution < 1.29 is 13.5 Å². The van der Waals surface area contributed by atoms with E-state index in [1.807, 2.05) is 13.8 Å².